The number of hydrogen-bond donors (Lipinski definition) is 1. The third-order valence-electron chi connectivity index (χ3n) is 2.21. The SMILES string of the molecule is CN(C)c1nc(N)nc(-c2cc(F)ccc2Cl)n1. The zero-order valence-electron chi connectivity index (χ0n) is 9.85. The molecule has 0 aliphatic carbocycles. The summed E-state index contributed by atoms with van der Waals surface area (Å²) >= 11 is 5.99. The molecule has 0 unspecified atom stereocenters. The highest BCUT2D eigenvalue weighted by molar-refractivity contribution is 6.33. The summed E-state index contributed by atoms with van der Waals surface area (Å²) in [6.45, 7) is 0. The van der Waals surface area contributed by atoms with Crippen molar-refractivity contribution in [2.75, 3.05) is 24.7 Å². The first kappa shape index (κ1) is 12.5. The Morgan fingerprint density at radius 2 is 1.94 bits per heavy atom. The molecule has 0 bridgehead atoms. The Morgan fingerprint density at radius 3 is 2.61 bits per heavy atom. The van der Waals surface area contributed by atoms with Crippen molar-refractivity contribution >= 4 is 23.5 Å². The maximum atomic E-state index is 13.2. The average molecular weight is 268 g/mol. The van der Waals surface area contributed by atoms with Crippen molar-refractivity contribution in [3.8, 4) is 11.4 Å². The topological polar surface area (TPSA) is 67.9 Å². The molecule has 0 spiro atoms. The van der Waals surface area contributed by atoms with E-state index in [0.717, 1.165) is 0 Å². The summed E-state index contributed by atoms with van der Waals surface area (Å²) in [5.74, 6) is 0.275. The zero-order valence-corrected chi connectivity index (χ0v) is 10.6. The lowest BCUT2D eigenvalue weighted by atomic mass is 10.2. The second kappa shape index (κ2) is 4.73. The summed E-state index contributed by atoms with van der Waals surface area (Å²) in [6, 6.07) is 3.97. The van der Waals surface area contributed by atoms with E-state index in [1.54, 1.807) is 19.0 Å². The van der Waals surface area contributed by atoms with Crippen LogP contribution in [0.2, 0.25) is 5.02 Å². The number of nitrogens with two attached hydrogens (primary N) is 1. The molecule has 7 heteroatoms. The van der Waals surface area contributed by atoms with Crippen molar-refractivity contribution in [2.45, 2.75) is 0 Å². The predicted molar refractivity (Wildman–Crippen MR) is 69.0 cm³/mol. The first-order valence-corrected chi connectivity index (χ1v) is 5.49. The molecular weight excluding hydrogens is 257 g/mol. The van der Waals surface area contributed by atoms with Gasteiger partial charge in [-0.05, 0) is 18.2 Å². The van der Waals surface area contributed by atoms with Gasteiger partial charge in [-0.2, -0.15) is 15.0 Å². The van der Waals surface area contributed by atoms with Crippen molar-refractivity contribution in [2.24, 2.45) is 0 Å². The number of benzene rings is 1. The molecule has 1 heterocycles. The quantitative estimate of drug-likeness (QED) is 0.901. The summed E-state index contributed by atoms with van der Waals surface area (Å²) < 4.78 is 13.2. The van der Waals surface area contributed by atoms with Gasteiger partial charge in [0.25, 0.3) is 0 Å². The molecule has 0 saturated heterocycles. The highest BCUT2D eigenvalue weighted by atomic mass is 35.5. The Balaban J connectivity index is 2.60. The fourth-order valence-corrected chi connectivity index (χ4v) is 1.57. The van der Waals surface area contributed by atoms with E-state index in [9.17, 15) is 4.39 Å². The molecule has 2 rings (SSSR count). The van der Waals surface area contributed by atoms with Crippen molar-refractivity contribution in [1.82, 2.24) is 15.0 Å². The van der Waals surface area contributed by atoms with E-state index < -0.39 is 5.82 Å². The molecule has 5 nitrogen and oxygen atoms in total. The Hall–Kier alpha value is -1.95. The molecule has 18 heavy (non-hydrogen) atoms. The minimum absolute atomic E-state index is 0.0593. The van der Waals surface area contributed by atoms with Crippen molar-refractivity contribution < 1.29 is 4.39 Å². The van der Waals surface area contributed by atoms with Crippen LogP contribution in [-0.2, 0) is 0 Å². The second-order valence-corrected chi connectivity index (χ2v) is 4.24. The van der Waals surface area contributed by atoms with E-state index in [0.29, 0.717) is 16.5 Å². The molecule has 2 N–H and O–H groups in total. The molecule has 0 aliphatic heterocycles. The number of nitrogens with zero attached hydrogens (tertiary/aromatic N) is 4. The van der Waals surface area contributed by atoms with Gasteiger partial charge in [-0.15, -0.1) is 0 Å². The second-order valence-electron chi connectivity index (χ2n) is 3.84. The summed E-state index contributed by atoms with van der Waals surface area (Å²) in [6.07, 6.45) is 0. The van der Waals surface area contributed by atoms with E-state index in [-0.39, 0.29) is 11.8 Å². The summed E-state index contributed by atoms with van der Waals surface area (Å²) in [5, 5.41) is 0.353. The normalized spacial score (nSPS) is 10.4. The standard InChI is InChI=1S/C11H11ClFN5/c1-18(2)11-16-9(15-10(14)17-11)7-5-6(13)3-4-8(7)12/h3-5H,1-2H3,(H2,14,15,16,17). The smallest absolute Gasteiger partial charge is 0.230 e. The number of hydrogen-bond acceptors (Lipinski definition) is 5. The maximum Gasteiger partial charge on any atom is 0.230 e. The molecule has 0 aliphatic rings. The molecule has 2 aromatic rings. The van der Waals surface area contributed by atoms with E-state index in [1.807, 2.05) is 0 Å². The average Bonchev–Trinajstić information content (AvgIpc) is 2.31. The zero-order chi connectivity index (χ0) is 13.3. The highest BCUT2D eigenvalue weighted by Crippen LogP contribution is 2.27. The van der Waals surface area contributed by atoms with Gasteiger partial charge in [-0.25, -0.2) is 4.39 Å². The van der Waals surface area contributed by atoms with Crippen LogP contribution in [0.3, 0.4) is 0 Å². The summed E-state index contributed by atoms with van der Waals surface area (Å²) in [7, 11) is 3.54. The van der Waals surface area contributed by atoms with Gasteiger partial charge >= 0.3 is 0 Å². The molecular formula is C11H11ClFN5. The number of aromatic nitrogens is 3. The third kappa shape index (κ3) is 2.48. The van der Waals surface area contributed by atoms with Crippen LogP contribution < -0.4 is 10.6 Å². The minimum atomic E-state index is -0.417. The Labute approximate surface area is 108 Å². The largest absolute Gasteiger partial charge is 0.368 e. The fraction of sp³-hybridized carbons (Fsp3) is 0.182. The molecule has 0 saturated carbocycles. The number of halogens is 2. The van der Waals surface area contributed by atoms with Gasteiger partial charge in [0, 0.05) is 19.7 Å². The molecule has 1 aromatic carbocycles. The lowest BCUT2D eigenvalue weighted by Crippen LogP contribution is -2.15. The fourth-order valence-electron chi connectivity index (χ4n) is 1.37. The van der Waals surface area contributed by atoms with Crippen molar-refractivity contribution in [1.29, 1.82) is 0 Å². The van der Waals surface area contributed by atoms with Crippen LogP contribution in [0.15, 0.2) is 18.2 Å². The summed E-state index contributed by atoms with van der Waals surface area (Å²) in [4.78, 5) is 13.8. The molecule has 94 valence electrons. The van der Waals surface area contributed by atoms with Gasteiger partial charge < -0.3 is 10.6 Å². The van der Waals surface area contributed by atoms with E-state index >= 15 is 0 Å². The monoisotopic (exact) mass is 267 g/mol. The van der Waals surface area contributed by atoms with Gasteiger partial charge in [-0.3, -0.25) is 0 Å². The van der Waals surface area contributed by atoms with Crippen LogP contribution in [0, 0.1) is 5.82 Å². The Bertz CT molecular complexity index is 588. The van der Waals surface area contributed by atoms with Crippen LogP contribution in [0.1, 0.15) is 0 Å². The lowest BCUT2D eigenvalue weighted by molar-refractivity contribution is 0.628. The molecule has 0 fully saturated rings. The van der Waals surface area contributed by atoms with E-state index in [4.69, 9.17) is 17.3 Å². The molecule has 0 atom stereocenters. The number of nitrogen functional groups attached to an aromatic ring is 1. The minimum Gasteiger partial charge on any atom is -0.368 e. The molecule has 0 amide bonds. The predicted octanol–water partition coefficient (Wildman–Crippen LogP) is 1.98. The molecule has 0 radical (unpaired) electrons. The first-order chi connectivity index (χ1) is 8.47. The van der Waals surface area contributed by atoms with Gasteiger partial charge in [0.15, 0.2) is 5.82 Å². The van der Waals surface area contributed by atoms with E-state index in [2.05, 4.69) is 15.0 Å². The van der Waals surface area contributed by atoms with E-state index in [1.165, 1.54) is 18.2 Å². The highest BCUT2D eigenvalue weighted by Gasteiger charge is 2.12. The van der Waals surface area contributed by atoms with Gasteiger partial charge in [0.05, 0.1) is 5.02 Å². The van der Waals surface area contributed by atoms with Crippen LogP contribution >= 0.6 is 11.6 Å². The number of anilines is 2. The summed E-state index contributed by atoms with van der Waals surface area (Å²) in [5.41, 5.74) is 5.98. The third-order valence-corrected chi connectivity index (χ3v) is 2.54. The van der Waals surface area contributed by atoms with Crippen LogP contribution in [0.4, 0.5) is 16.3 Å². The van der Waals surface area contributed by atoms with Gasteiger partial charge in [0.1, 0.15) is 5.82 Å². The van der Waals surface area contributed by atoms with Crippen molar-refractivity contribution in [3.05, 3.63) is 29.0 Å². The van der Waals surface area contributed by atoms with Gasteiger partial charge in [0.2, 0.25) is 11.9 Å². The van der Waals surface area contributed by atoms with Crippen LogP contribution in [0.5, 0.6) is 0 Å². The Morgan fingerprint density at radius 1 is 1.22 bits per heavy atom. The lowest BCUT2D eigenvalue weighted by Gasteiger charge is -2.11. The first-order valence-electron chi connectivity index (χ1n) is 5.11. The molecule has 1 aromatic heterocycles. The van der Waals surface area contributed by atoms with Crippen LogP contribution in [-0.4, -0.2) is 29.0 Å². The van der Waals surface area contributed by atoms with Crippen LogP contribution in [0.25, 0.3) is 11.4 Å². The maximum absolute atomic E-state index is 13.2. The Kier molecular flexibility index (Phi) is 3.29. The van der Waals surface area contributed by atoms with Crippen molar-refractivity contribution in [3.63, 3.8) is 0 Å². The van der Waals surface area contributed by atoms with Gasteiger partial charge in [-0.1, -0.05) is 11.6 Å². The number of rotatable bonds is 2.